The number of fused-ring (bicyclic) bond motifs is 14. The average molecular weight is 768 g/mol. The molecule has 1 amide bonds. The average Bonchev–Trinajstić information content (AvgIpc) is 3.44. The van der Waals surface area contributed by atoms with E-state index in [0.717, 1.165) is 0 Å². The first-order valence-corrected chi connectivity index (χ1v) is 18.4. The molecule has 4 heterocycles. The molecule has 0 aromatic heterocycles. The number of anilines is 1. The summed E-state index contributed by atoms with van der Waals surface area (Å²) in [5, 5.41) is 77.2. The van der Waals surface area contributed by atoms with Gasteiger partial charge in [-0.3, -0.25) is 14.6 Å². The second kappa shape index (κ2) is 16.6. The number of rotatable bonds is 3. The van der Waals surface area contributed by atoms with E-state index < -0.39 is 82.8 Å². The summed E-state index contributed by atoms with van der Waals surface area (Å²) in [5.41, 5.74) is -0.366. The molecule has 9 unspecified atom stereocenters. The molecule has 0 radical (unpaired) electrons. The topological polar surface area (TPSA) is 220 Å². The Morgan fingerprint density at radius 3 is 2.20 bits per heavy atom. The van der Waals surface area contributed by atoms with Crippen molar-refractivity contribution in [2.45, 2.75) is 78.7 Å². The summed E-state index contributed by atoms with van der Waals surface area (Å²) in [5.74, 6) is -7.68. The lowest BCUT2D eigenvalue weighted by Gasteiger charge is -2.36. The Morgan fingerprint density at radius 2 is 1.55 bits per heavy atom. The molecular weight excluding hydrogens is 714 g/mol. The van der Waals surface area contributed by atoms with Gasteiger partial charge < -0.3 is 54.9 Å². The zero-order chi connectivity index (χ0) is 40.5. The molecule has 2 aromatic rings. The Morgan fingerprint density at radius 1 is 0.909 bits per heavy atom. The third-order valence-electron chi connectivity index (χ3n) is 11.1. The smallest absolute Gasteiger partial charge is 0.312 e. The summed E-state index contributed by atoms with van der Waals surface area (Å²) >= 11 is 0. The Balaban J connectivity index is 1.70. The van der Waals surface area contributed by atoms with Gasteiger partial charge in [0.05, 0.1) is 85.4 Å². The monoisotopic (exact) mass is 767 g/mol. The van der Waals surface area contributed by atoms with Crippen molar-refractivity contribution < 1.29 is 59.2 Å². The molecule has 7 N–H and O–H groups in total. The second-order valence-electron chi connectivity index (χ2n) is 14.8. The number of ether oxygens (including phenoxy) is 4. The number of nitrogens with one attached hydrogen (secondary N) is 1. The molecule has 1 saturated heterocycles. The fourth-order valence-electron chi connectivity index (χ4n) is 7.29. The van der Waals surface area contributed by atoms with Crippen molar-refractivity contribution in [3.63, 3.8) is 0 Å². The van der Waals surface area contributed by atoms with Crippen molar-refractivity contribution in [3.05, 3.63) is 52.8 Å². The number of aromatic hydroxyl groups is 3. The van der Waals surface area contributed by atoms with E-state index in [1.165, 1.54) is 52.5 Å². The molecule has 9 atom stereocenters. The number of morpholine rings is 1. The Kier molecular flexibility index (Phi) is 12.5. The van der Waals surface area contributed by atoms with E-state index in [4.69, 9.17) is 18.9 Å². The number of hydrogen-bond donors (Lipinski definition) is 7. The lowest BCUT2D eigenvalue weighted by Crippen LogP contribution is -2.44. The number of nitrogens with zero attached hydrogens (tertiary/aromatic N) is 2. The predicted molar refractivity (Wildman–Crippen MR) is 204 cm³/mol. The Labute approximate surface area is 320 Å². The lowest BCUT2D eigenvalue weighted by atomic mass is 9.78. The first-order chi connectivity index (χ1) is 25.9. The van der Waals surface area contributed by atoms with Crippen molar-refractivity contribution in [1.82, 2.24) is 5.01 Å². The number of Topliss-reactive ketones (excluding diaryl/α,β-unsaturated/α-hetero) is 1. The van der Waals surface area contributed by atoms with E-state index in [9.17, 15) is 40.2 Å². The number of hydrazone groups is 1. The van der Waals surface area contributed by atoms with E-state index in [2.05, 4.69) is 10.4 Å². The van der Waals surface area contributed by atoms with Crippen LogP contribution in [0.15, 0.2) is 41.2 Å². The minimum atomic E-state index is -2.02. The largest absolute Gasteiger partial charge is 0.507 e. The molecule has 5 bridgehead atoms. The molecule has 15 heteroatoms. The van der Waals surface area contributed by atoms with Gasteiger partial charge in [0.2, 0.25) is 0 Å². The summed E-state index contributed by atoms with van der Waals surface area (Å²) in [6.45, 7) is 12.9. The number of methoxy groups -OCH3 is 1. The normalized spacial score (nSPS) is 31.2. The first kappa shape index (κ1) is 41.5. The molecule has 4 aliphatic rings. The Hall–Kier alpha value is -4.67. The number of phenols is 3. The number of phenolic OH excluding ortho intramolecular Hbond substituents is 3. The molecule has 4 aliphatic heterocycles. The molecule has 300 valence electrons. The van der Waals surface area contributed by atoms with Gasteiger partial charge in [-0.1, -0.05) is 45.9 Å². The van der Waals surface area contributed by atoms with Crippen LogP contribution in [0, 0.1) is 30.6 Å². The van der Waals surface area contributed by atoms with Crippen LogP contribution in [0.25, 0.3) is 10.8 Å². The molecular formula is C40H53N3O12. The van der Waals surface area contributed by atoms with Gasteiger partial charge in [-0.05, 0) is 19.9 Å². The highest BCUT2D eigenvalue weighted by molar-refractivity contribution is 6.23. The summed E-state index contributed by atoms with van der Waals surface area (Å²) in [6, 6.07) is 0. The predicted octanol–water partition coefficient (Wildman–Crippen LogP) is 3.85. The van der Waals surface area contributed by atoms with Gasteiger partial charge in [0.1, 0.15) is 17.2 Å². The molecule has 6 rings (SSSR count). The summed E-state index contributed by atoms with van der Waals surface area (Å²) < 4.78 is 23.0. The van der Waals surface area contributed by atoms with E-state index in [-0.39, 0.29) is 44.5 Å². The SMILES string of the molecule is COC1C=COC2(C)Oc3c(C)c(O)c4c(O)c(c(/C=N/N5CCOCC5)c(O)c4c3C2=O)NC(=O)C(C)=CC=CC(C)C(O)C(C)C(O)C(C)C(O)C1C. The van der Waals surface area contributed by atoms with Gasteiger partial charge in [-0.25, -0.2) is 0 Å². The highest BCUT2D eigenvalue weighted by Gasteiger charge is 2.50. The van der Waals surface area contributed by atoms with E-state index >= 15 is 0 Å². The zero-order valence-electron chi connectivity index (χ0n) is 32.4. The second-order valence-corrected chi connectivity index (χ2v) is 14.8. The van der Waals surface area contributed by atoms with E-state index in [0.29, 0.717) is 26.3 Å². The zero-order valence-corrected chi connectivity index (χ0v) is 32.4. The number of carbonyl (C=O) groups excluding carboxylic acids is 2. The minimum Gasteiger partial charge on any atom is -0.507 e. The maximum absolute atomic E-state index is 14.3. The summed E-state index contributed by atoms with van der Waals surface area (Å²) in [4.78, 5) is 27.9. The van der Waals surface area contributed by atoms with Crippen LogP contribution in [0.4, 0.5) is 5.69 Å². The van der Waals surface area contributed by atoms with Crippen LogP contribution in [0.1, 0.15) is 63.0 Å². The fraction of sp³-hybridized carbons (Fsp3) is 0.525. The van der Waals surface area contributed by atoms with Gasteiger partial charge in [0.25, 0.3) is 11.7 Å². The molecule has 0 saturated carbocycles. The number of amides is 1. The number of hydrogen-bond acceptors (Lipinski definition) is 14. The van der Waals surface area contributed by atoms with Crippen LogP contribution < -0.4 is 10.1 Å². The summed E-state index contributed by atoms with van der Waals surface area (Å²) in [6.07, 6.45) is 4.70. The number of aliphatic hydroxyl groups is 3. The first-order valence-electron chi connectivity index (χ1n) is 18.4. The molecule has 2 aromatic carbocycles. The number of allylic oxidation sites excluding steroid dienone is 2. The van der Waals surface area contributed by atoms with Crippen LogP contribution in [0.3, 0.4) is 0 Å². The Bertz CT molecular complexity index is 1920. The standard InChI is InChI=1S/C40H53N3O12/c1-19-10-9-11-20(2)39(51)42-30-25(18-41-43-13-16-53-17-14-43)35(48)27-28(36(30)49)34(47)24(6)37-29(27)38(50)40(7,55-37)54-15-12-26(52-8)21(3)32(45)23(5)33(46)22(4)31(19)44/h9-12,15,18-19,21-23,26,31-33,44-49H,13-14,16-17H2,1-8H3,(H,42,51)/b10-9?,15-12?,20-11?,41-18+. The van der Waals surface area contributed by atoms with Crippen LogP contribution in [-0.2, 0) is 19.0 Å². The van der Waals surface area contributed by atoms with Crippen LogP contribution >= 0.6 is 0 Å². The fourth-order valence-corrected chi connectivity index (χ4v) is 7.29. The van der Waals surface area contributed by atoms with Crippen molar-refractivity contribution in [2.24, 2.45) is 28.8 Å². The van der Waals surface area contributed by atoms with Gasteiger partial charge in [-0.15, -0.1) is 0 Å². The molecule has 0 spiro atoms. The maximum atomic E-state index is 14.3. The van der Waals surface area contributed by atoms with Gasteiger partial charge in [-0.2, -0.15) is 5.10 Å². The van der Waals surface area contributed by atoms with Crippen molar-refractivity contribution in [2.75, 3.05) is 38.7 Å². The highest BCUT2D eigenvalue weighted by atomic mass is 16.7. The number of aliphatic hydroxyl groups excluding tert-OH is 3. The molecule has 1 fully saturated rings. The number of carbonyl (C=O) groups is 2. The van der Waals surface area contributed by atoms with Gasteiger partial charge in [0, 0.05) is 54.2 Å². The molecule has 55 heavy (non-hydrogen) atoms. The van der Waals surface area contributed by atoms with Crippen molar-refractivity contribution in [3.8, 4) is 23.0 Å². The van der Waals surface area contributed by atoms with Gasteiger partial charge >= 0.3 is 5.79 Å². The minimum absolute atomic E-state index is 0.0604. The quantitative estimate of drug-likeness (QED) is 0.134. The van der Waals surface area contributed by atoms with E-state index in [1.807, 2.05) is 0 Å². The molecule has 0 aliphatic carbocycles. The third kappa shape index (κ3) is 7.89. The van der Waals surface area contributed by atoms with Crippen molar-refractivity contribution >= 4 is 34.4 Å². The highest BCUT2D eigenvalue weighted by Crippen LogP contribution is 2.55. The molecule has 15 nitrogen and oxygen atoms in total. The van der Waals surface area contributed by atoms with Crippen molar-refractivity contribution in [1.29, 1.82) is 0 Å². The number of benzene rings is 2. The maximum Gasteiger partial charge on any atom is 0.312 e. The van der Waals surface area contributed by atoms with Gasteiger partial charge in [0.15, 0.2) is 5.75 Å². The van der Waals surface area contributed by atoms with Crippen LogP contribution in [0.2, 0.25) is 0 Å². The lowest BCUT2D eigenvalue weighted by molar-refractivity contribution is -0.112. The summed E-state index contributed by atoms with van der Waals surface area (Å²) in [7, 11) is 1.43. The van der Waals surface area contributed by atoms with E-state index in [1.54, 1.807) is 44.9 Å². The van der Waals surface area contributed by atoms with Crippen LogP contribution in [-0.4, -0.2) is 117 Å². The van der Waals surface area contributed by atoms with Crippen LogP contribution in [0.5, 0.6) is 23.0 Å². The number of ketones is 1. The third-order valence-corrected chi connectivity index (χ3v) is 11.1.